The number of aliphatic carboxylic acids is 1. The largest absolute Gasteiger partial charge is 0.480 e. The SMILES string of the molecule is CCC[C@@H](NC(=O)CCOC1CCNCC1)C(=O)O. The number of carbonyl (C=O) groups is 2. The van der Waals surface area contributed by atoms with Crippen LogP contribution in [0.25, 0.3) is 0 Å². The highest BCUT2D eigenvalue weighted by Crippen LogP contribution is 2.07. The molecule has 110 valence electrons. The van der Waals surface area contributed by atoms with E-state index in [1.807, 2.05) is 6.92 Å². The summed E-state index contributed by atoms with van der Waals surface area (Å²) in [7, 11) is 0. The van der Waals surface area contributed by atoms with Crippen molar-refractivity contribution in [3.8, 4) is 0 Å². The third kappa shape index (κ3) is 6.54. The lowest BCUT2D eigenvalue weighted by Gasteiger charge is -2.23. The van der Waals surface area contributed by atoms with Gasteiger partial charge in [0.15, 0.2) is 0 Å². The van der Waals surface area contributed by atoms with Crippen molar-refractivity contribution in [2.45, 2.75) is 51.2 Å². The van der Waals surface area contributed by atoms with Crippen molar-refractivity contribution < 1.29 is 19.4 Å². The van der Waals surface area contributed by atoms with Crippen LogP contribution in [0.2, 0.25) is 0 Å². The summed E-state index contributed by atoms with van der Waals surface area (Å²) in [5.41, 5.74) is 0. The molecule has 1 aliphatic heterocycles. The van der Waals surface area contributed by atoms with E-state index in [2.05, 4.69) is 10.6 Å². The monoisotopic (exact) mass is 272 g/mol. The zero-order valence-electron chi connectivity index (χ0n) is 11.5. The third-order valence-corrected chi connectivity index (χ3v) is 3.18. The van der Waals surface area contributed by atoms with Crippen LogP contribution in [0.4, 0.5) is 0 Å². The first-order valence-corrected chi connectivity index (χ1v) is 6.98. The van der Waals surface area contributed by atoms with Crippen LogP contribution in [0.1, 0.15) is 39.0 Å². The molecule has 0 saturated carbocycles. The highest BCUT2D eigenvalue weighted by molar-refractivity contribution is 5.83. The Labute approximate surface area is 113 Å². The average Bonchev–Trinajstić information content (AvgIpc) is 2.39. The molecule has 3 N–H and O–H groups in total. The van der Waals surface area contributed by atoms with Gasteiger partial charge in [0.25, 0.3) is 0 Å². The number of hydrogen-bond acceptors (Lipinski definition) is 4. The van der Waals surface area contributed by atoms with Gasteiger partial charge in [-0.25, -0.2) is 4.79 Å². The second-order valence-corrected chi connectivity index (χ2v) is 4.82. The van der Waals surface area contributed by atoms with Crippen molar-refractivity contribution in [3.05, 3.63) is 0 Å². The fourth-order valence-electron chi connectivity index (χ4n) is 2.09. The van der Waals surface area contributed by atoms with Crippen molar-refractivity contribution in [1.82, 2.24) is 10.6 Å². The van der Waals surface area contributed by atoms with E-state index in [-0.39, 0.29) is 18.4 Å². The van der Waals surface area contributed by atoms with Gasteiger partial charge in [-0.1, -0.05) is 13.3 Å². The average molecular weight is 272 g/mol. The molecule has 19 heavy (non-hydrogen) atoms. The lowest BCUT2D eigenvalue weighted by molar-refractivity contribution is -0.142. The Hall–Kier alpha value is -1.14. The summed E-state index contributed by atoms with van der Waals surface area (Å²) in [5.74, 6) is -1.23. The maximum absolute atomic E-state index is 11.6. The molecule has 1 fully saturated rings. The minimum Gasteiger partial charge on any atom is -0.480 e. The van der Waals surface area contributed by atoms with Gasteiger partial charge in [0.1, 0.15) is 6.04 Å². The molecule has 0 bridgehead atoms. The first-order valence-electron chi connectivity index (χ1n) is 6.98. The van der Waals surface area contributed by atoms with Gasteiger partial charge in [-0.15, -0.1) is 0 Å². The summed E-state index contributed by atoms with van der Waals surface area (Å²) in [5, 5.41) is 14.7. The summed E-state index contributed by atoms with van der Waals surface area (Å²) in [4.78, 5) is 22.5. The lowest BCUT2D eigenvalue weighted by Crippen LogP contribution is -2.41. The van der Waals surface area contributed by atoms with E-state index >= 15 is 0 Å². The number of hydrogen-bond donors (Lipinski definition) is 3. The predicted octanol–water partition coefficient (Wildman–Crippen LogP) is 0.515. The molecule has 0 spiro atoms. The molecule has 0 aromatic carbocycles. The smallest absolute Gasteiger partial charge is 0.326 e. The quantitative estimate of drug-likeness (QED) is 0.599. The number of carbonyl (C=O) groups excluding carboxylic acids is 1. The Bertz CT molecular complexity index is 290. The molecule has 1 atom stereocenters. The maximum atomic E-state index is 11.6. The topological polar surface area (TPSA) is 87.7 Å². The number of ether oxygens (including phenoxy) is 1. The summed E-state index contributed by atoms with van der Waals surface area (Å²) in [6.07, 6.45) is 3.56. The molecular formula is C13H24N2O4. The zero-order chi connectivity index (χ0) is 14.1. The second kappa shape index (κ2) is 8.87. The van der Waals surface area contributed by atoms with E-state index in [1.54, 1.807) is 0 Å². The number of amides is 1. The molecule has 1 heterocycles. The Kier molecular flexibility index (Phi) is 7.43. The van der Waals surface area contributed by atoms with Crippen molar-refractivity contribution in [3.63, 3.8) is 0 Å². The highest BCUT2D eigenvalue weighted by Gasteiger charge is 2.19. The van der Waals surface area contributed by atoms with Gasteiger partial charge in [-0.3, -0.25) is 4.79 Å². The van der Waals surface area contributed by atoms with Gasteiger partial charge in [0, 0.05) is 6.42 Å². The van der Waals surface area contributed by atoms with Gasteiger partial charge in [0.05, 0.1) is 12.7 Å². The Balaban J connectivity index is 2.17. The van der Waals surface area contributed by atoms with E-state index in [4.69, 9.17) is 9.84 Å². The summed E-state index contributed by atoms with van der Waals surface area (Å²) in [6, 6.07) is -0.781. The van der Waals surface area contributed by atoms with Crippen molar-refractivity contribution in [1.29, 1.82) is 0 Å². The third-order valence-electron chi connectivity index (χ3n) is 3.18. The molecule has 0 aromatic heterocycles. The Morgan fingerprint density at radius 1 is 1.42 bits per heavy atom. The minimum atomic E-state index is -0.977. The van der Waals surface area contributed by atoms with E-state index in [0.717, 1.165) is 32.4 Å². The number of carboxylic acids is 1. The highest BCUT2D eigenvalue weighted by atomic mass is 16.5. The van der Waals surface area contributed by atoms with Crippen LogP contribution in [0.15, 0.2) is 0 Å². The van der Waals surface area contributed by atoms with Crippen LogP contribution in [0.3, 0.4) is 0 Å². The minimum absolute atomic E-state index is 0.220. The van der Waals surface area contributed by atoms with Crippen molar-refractivity contribution >= 4 is 11.9 Å². The normalized spacial score (nSPS) is 17.9. The van der Waals surface area contributed by atoms with E-state index in [1.165, 1.54) is 0 Å². The van der Waals surface area contributed by atoms with Gasteiger partial charge in [-0.2, -0.15) is 0 Å². The first-order chi connectivity index (χ1) is 9.13. The van der Waals surface area contributed by atoms with Gasteiger partial charge < -0.3 is 20.5 Å². The maximum Gasteiger partial charge on any atom is 0.326 e. The van der Waals surface area contributed by atoms with Crippen LogP contribution in [0, 0.1) is 0 Å². The van der Waals surface area contributed by atoms with E-state index in [9.17, 15) is 9.59 Å². The van der Waals surface area contributed by atoms with Gasteiger partial charge in [-0.05, 0) is 32.4 Å². The van der Waals surface area contributed by atoms with Crippen LogP contribution in [-0.4, -0.2) is 48.8 Å². The predicted molar refractivity (Wildman–Crippen MR) is 70.9 cm³/mol. The second-order valence-electron chi connectivity index (χ2n) is 4.82. The number of nitrogens with one attached hydrogen (secondary N) is 2. The number of piperidine rings is 1. The first kappa shape index (κ1) is 15.9. The molecule has 1 saturated heterocycles. The molecule has 0 unspecified atom stereocenters. The van der Waals surface area contributed by atoms with Crippen LogP contribution < -0.4 is 10.6 Å². The van der Waals surface area contributed by atoms with Crippen LogP contribution in [-0.2, 0) is 14.3 Å². The fraction of sp³-hybridized carbons (Fsp3) is 0.846. The number of rotatable bonds is 8. The van der Waals surface area contributed by atoms with Crippen molar-refractivity contribution in [2.24, 2.45) is 0 Å². The molecule has 0 aromatic rings. The standard InChI is InChI=1S/C13H24N2O4/c1-2-3-11(13(17)18)15-12(16)6-9-19-10-4-7-14-8-5-10/h10-11,14H,2-9H2,1H3,(H,15,16)(H,17,18)/t11-/m1/s1. The molecule has 0 radical (unpaired) electrons. The Morgan fingerprint density at radius 2 is 2.11 bits per heavy atom. The summed E-state index contributed by atoms with van der Waals surface area (Å²) >= 11 is 0. The molecule has 6 nitrogen and oxygen atoms in total. The lowest BCUT2D eigenvalue weighted by atomic mass is 10.1. The summed E-state index contributed by atoms with van der Waals surface area (Å²) in [6.45, 7) is 4.15. The van der Waals surface area contributed by atoms with E-state index in [0.29, 0.717) is 13.0 Å². The molecule has 6 heteroatoms. The fourth-order valence-corrected chi connectivity index (χ4v) is 2.09. The molecule has 0 aliphatic carbocycles. The van der Waals surface area contributed by atoms with Crippen LogP contribution >= 0.6 is 0 Å². The molecule has 1 rings (SSSR count). The zero-order valence-corrected chi connectivity index (χ0v) is 11.5. The van der Waals surface area contributed by atoms with Crippen LogP contribution in [0.5, 0.6) is 0 Å². The van der Waals surface area contributed by atoms with Gasteiger partial charge >= 0.3 is 5.97 Å². The summed E-state index contributed by atoms with van der Waals surface area (Å²) < 4.78 is 5.61. The Morgan fingerprint density at radius 3 is 2.68 bits per heavy atom. The molecule has 1 aliphatic rings. The molecule has 1 amide bonds. The van der Waals surface area contributed by atoms with Gasteiger partial charge in [0.2, 0.25) is 5.91 Å². The van der Waals surface area contributed by atoms with E-state index < -0.39 is 12.0 Å². The number of carboxylic acid groups (broad SMARTS) is 1. The molecular weight excluding hydrogens is 248 g/mol. The van der Waals surface area contributed by atoms with Crippen molar-refractivity contribution in [2.75, 3.05) is 19.7 Å².